The van der Waals surface area contributed by atoms with Crippen molar-refractivity contribution in [1.82, 2.24) is 4.98 Å². The van der Waals surface area contributed by atoms with Crippen LogP contribution in [-0.2, 0) is 4.79 Å². The molecule has 0 amide bonds. The molecule has 3 N–H and O–H groups in total. The fourth-order valence-electron chi connectivity index (χ4n) is 1.93. The molecule has 20 heavy (non-hydrogen) atoms. The third kappa shape index (κ3) is 2.64. The first kappa shape index (κ1) is 14.1. The first-order chi connectivity index (χ1) is 9.40. The summed E-state index contributed by atoms with van der Waals surface area (Å²) in [7, 11) is 3.79. The Morgan fingerprint density at radius 1 is 1.55 bits per heavy atom. The highest BCUT2D eigenvalue weighted by Gasteiger charge is 2.14. The predicted octanol–water partition coefficient (Wildman–Crippen LogP) is 1.45. The number of benzene rings is 1. The SMILES string of the molecule is Cc1c(N(C)C)cc2sc(=O)[nH]c2c1NN=CC(=O)O. The van der Waals surface area contributed by atoms with E-state index >= 15 is 0 Å². The second-order valence-electron chi connectivity index (χ2n) is 4.39. The van der Waals surface area contributed by atoms with Gasteiger partial charge in [-0.1, -0.05) is 11.3 Å². The maximum absolute atomic E-state index is 11.5. The summed E-state index contributed by atoms with van der Waals surface area (Å²) in [5.41, 5.74) is 5.73. The van der Waals surface area contributed by atoms with Crippen LogP contribution < -0.4 is 15.2 Å². The van der Waals surface area contributed by atoms with E-state index < -0.39 is 5.97 Å². The van der Waals surface area contributed by atoms with E-state index in [1.807, 2.05) is 32.0 Å². The zero-order valence-corrected chi connectivity index (χ0v) is 12.0. The van der Waals surface area contributed by atoms with Gasteiger partial charge >= 0.3 is 10.8 Å². The highest BCUT2D eigenvalue weighted by molar-refractivity contribution is 7.16. The lowest BCUT2D eigenvalue weighted by Crippen LogP contribution is -2.11. The van der Waals surface area contributed by atoms with Gasteiger partial charge in [-0.25, -0.2) is 4.79 Å². The number of rotatable bonds is 4. The molecule has 0 radical (unpaired) electrons. The van der Waals surface area contributed by atoms with Crippen LogP contribution in [0.15, 0.2) is 16.0 Å². The number of aliphatic carboxylic acids is 1. The number of hydrogen-bond donors (Lipinski definition) is 3. The number of thiazole rings is 1. The molecule has 0 aliphatic heterocycles. The monoisotopic (exact) mass is 294 g/mol. The van der Waals surface area contributed by atoms with Crippen LogP contribution >= 0.6 is 11.3 Å². The number of hydrazone groups is 1. The van der Waals surface area contributed by atoms with Crippen molar-refractivity contribution >= 4 is 45.1 Å². The van der Waals surface area contributed by atoms with Gasteiger partial charge in [0.1, 0.15) is 6.21 Å². The molecule has 8 heteroatoms. The molecule has 1 heterocycles. The third-order valence-electron chi connectivity index (χ3n) is 2.79. The van der Waals surface area contributed by atoms with Gasteiger partial charge in [0.05, 0.1) is 15.9 Å². The number of anilines is 2. The summed E-state index contributed by atoms with van der Waals surface area (Å²) in [4.78, 5) is 26.5. The predicted molar refractivity (Wildman–Crippen MR) is 81.3 cm³/mol. The van der Waals surface area contributed by atoms with E-state index in [4.69, 9.17) is 5.11 Å². The minimum atomic E-state index is -1.14. The summed E-state index contributed by atoms with van der Waals surface area (Å²) in [6, 6.07) is 1.92. The number of carboxylic acids is 1. The summed E-state index contributed by atoms with van der Waals surface area (Å²) < 4.78 is 0.789. The Morgan fingerprint density at radius 2 is 2.25 bits per heavy atom. The van der Waals surface area contributed by atoms with Crippen LogP contribution in [0.4, 0.5) is 11.4 Å². The molecule has 2 rings (SSSR count). The van der Waals surface area contributed by atoms with Crippen LogP contribution in [0, 0.1) is 6.92 Å². The Bertz CT molecular complexity index is 745. The lowest BCUT2D eigenvalue weighted by atomic mass is 10.1. The molecule has 1 aromatic carbocycles. The molecular formula is C12H14N4O3S. The Hall–Kier alpha value is -2.35. The van der Waals surface area contributed by atoms with E-state index in [2.05, 4.69) is 15.5 Å². The minimum absolute atomic E-state index is 0.166. The minimum Gasteiger partial charge on any atom is -0.477 e. The first-order valence-electron chi connectivity index (χ1n) is 5.76. The van der Waals surface area contributed by atoms with E-state index in [0.717, 1.165) is 33.5 Å². The topological polar surface area (TPSA) is 97.8 Å². The molecule has 0 aliphatic rings. The molecule has 7 nitrogen and oxygen atoms in total. The van der Waals surface area contributed by atoms with E-state index in [1.54, 1.807) is 0 Å². The van der Waals surface area contributed by atoms with Crippen molar-refractivity contribution in [2.75, 3.05) is 24.4 Å². The second-order valence-corrected chi connectivity index (χ2v) is 5.40. The standard InChI is InChI=1S/C12H14N4O3S/c1-6-7(16(2)3)4-8-11(14-12(19)20-8)10(6)15-13-5-9(17)18/h4-5,15H,1-3H3,(H,14,19)(H,17,18). The van der Waals surface area contributed by atoms with E-state index in [0.29, 0.717) is 11.2 Å². The number of nitrogens with one attached hydrogen (secondary N) is 2. The molecule has 0 spiro atoms. The maximum Gasteiger partial charge on any atom is 0.348 e. The molecular weight excluding hydrogens is 280 g/mol. The normalized spacial score (nSPS) is 11.2. The fourth-order valence-corrected chi connectivity index (χ4v) is 2.71. The maximum atomic E-state index is 11.5. The van der Waals surface area contributed by atoms with Gasteiger partial charge < -0.3 is 15.0 Å². The molecule has 0 fully saturated rings. The van der Waals surface area contributed by atoms with Gasteiger partial charge in [0.2, 0.25) is 0 Å². The Labute approximate surface area is 118 Å². The third-order valence-corrected chi connectivity index (χ3v) is 3.62. The average molecular weight is 294 g/mol. The van der Waals surface area contributed by atoms with Crippen LogP contribution in [0.3, 0.4) is 0 Å². The number of aromatic amines is 1. The molecule has 2 aromatic rings. The van der Waals surface area contributed by atoms with Gasteiger partial charge in [-0.05, 0) is 18.6 Å². The van der Waals surface area contributed by atoms with Crippen LogP contribution in [0.1, 0.15) is 5.56 Å². The van der Waals surface area contributed by atoms with Gasteiger partial charge in [-0.3, -0.25) is 10.2 Å². The number of carboxylic acid groups (broad SMARTS) is 1. The molecule has 0 saturated heterocycles. The largest absolute Gasteiger partial charge is 0.477 e. The lowest BCUT2D eigenvalue weighted by Gasteiger charge is -2.18. The molecule has 0 atom stereocenters. The zero-order chi connectivity index (χ0) is 14.9. The number of nitrogens with zero attached hydrogens (tertiary/aromatic N) is 2. The summed E-state index contributed by atoms with van der Waals surface area (Å²) in [6.07, 6.45) is 0.762. The molecule has 0 saturated carbocycles. The van der Waals surface area contributed by atoms with Crippen molar-refractivity contribution in [1.29, 1.82) is 0 Å². The van der Waals surface area contributed by atoms with Crippen molar-refractivity contribution < 1.29 is 9.90 Å². The van der Waals surface area contributed by atoms with Gasteiger partial charge in [0.15, 0.2) is 0 Å². The zero-order valence-electron chi connectivity index (χ0n) is 11.2. The van der Waals surface area contributed by atoms with Gasteiger partial charge in [0, 0.05) is 19.8 Å². The number of hydrogen-bond acceptors (Lipinski definition) is 6. The summed E-state index contributed by atoms with van der Waals surface area (Å²) >= 11 is 1.10. The number of aromatic nitrogens is 1. The van der Waals surface area contributed by atoms with Crippen molar-refractivity contribution in [3.63, 3.8) is 0 Å². The Kier molecular flexibility index (Phi) is 3.75. The highest BCUT2D eigenvalue weighted by Crippen LogP contribution is 2.34. The average Bonchev–Trinajstić information content (AvgIpc) is 2.71. The smallest absolute Gasteiger partial charge is 0.348 e. The number of fused-ring (bicyclic) bond motifs is 1. The lowest BCUT2D eigenvalue weighted by molar-refractivity contribution is -0.128. The van der Waals surface area contributed by atoms with Gasteiger partial charge in [-0.15, -0.1) is 0 Å². The second kappa shape index (κ2) is 5.33. The summed E-state index contributed by atoms with van der Waals surface area (Å²) in [5.74, 6) is -1.14. The molecule has 0 unspecified atom stereocenters. The number of H-pyrrole nitrogens is 1. The van der Waals surface area contributed by atoms with Crippen LogP contribution in [0.25, 0.3) is 10.2 Å². The summed E-state index contributed by atoms with van der Waals surface area (Å²) in [5, 5.41) is 12.2. The van der Waals surface area contributed by atoms with Crippen LogP contribution in [-0.4, -0.2) is 36.4 Å². The van der Waals surface area contributed by atoms with E-state index in [1.165, 1.54) is 0 Å². The fraction of sp³-hybridized carbons (Fsp3) is 0.250. The molecule has 0 bridgehead atoms. The van der Waals surface area contributed by atoms with Crippen molar-refractivity contribution in [2.24, 2.45) is 5.10 Å². The van der Waals surface area contributed by atoms with Crippen LogP contribution in [0.2, 0.25) is 0 Å². The van der Waals surface area contributed by atoms with Crippen molar-refractivity contribution in [2.45, 2.75) is 6.92 Å². The van der Waals surface area contributed by atoms with Crippen molar-refractivity contribution in [3.8, 4) is 0 Å². The first-order valence-corrected chi connectivity index (χ1v) is 6.57. The van der Waals surface area contributed by atoms with Crippen LogP contribution in [0.5, 0.6) is 0 Å². The van der Waals surface area contributed by atoms with E-state index in [-0.39, 0.29) is 4.87 Å². The Balaban J connectivity index is 2.62. The van der Waals surface area contributed by atoms with Gasteiger partial charge in [-0.2, -0.15) is 5.10 Å². The molecule has 0 aliphatic carbocycles. The highest BCUT2D eigenvalue weighted by atomic mass is 32.1. The van der Waals surface area contributed by atoms with Crippen molar-refractivity contribution in [3.05, 3.63) is 21.3 Å². The summed E-state index contributed by atoms with van der Waals surface area (Å²) in [6.45, 7) is 1.88. The molecule has 106 valence electrons. The quantitative estimate of drug-likeness (QED) is 0.585. The number of carbonyl (C=O) groups is 1. The Morgan fingerprint density at radius 3 is 2.85 bits per heavy atom. The van der Waals surface area contributed by atoms with E-state index in [9.17, 15) is 9.59 Å². The molecule has 1 aromatic heterocycles. The van der Waals surface area contributed by atoms with Gasteiger partial charge in [0.25, 0.3) is 0 Å².